The summed E-state index contributed by atoms with van der Waals surface area (Å²) in [6.07, 6.45) is 0.350. The molecule has 1 aliphatic heterocycles. The third kappa shape index (κ3) is 2.76. The van der Waals surface area contributed by atoms with E-state index in [0.29, 0.717) is 6.42 Å². The summed E-state index contributed by atoms with van der Waals surface area (Å²) in [4.78, 5) is 0. The van der Waals surface area contributed by atoms with E-state index in [9.17, 15) is 4.39 Å². The van der Waals surface area contributed by atoms with Crippen LogP contribution in [0.15, 0.2) is 40.9 Å². The van der Waals surface area contributed by atoms with E-state index in [1.807, 2.05) is 24.3 Å². The van der Waals surface area contributed by atoms with Crippen LogP contribution in [0.1, 0.15) is 29.7 Å². The molecule has 1 heterocycles. The Balaban J connectivity index is 1.93. The quantitative estimate of drug-likeness (QED) is 0.884. The van der Waals surface area contributed by atoms with Crippen molar-refractivity contribution in [1.29, 1.82) is 0 Å². The monoisotopic (exact) mass is 351 g/mol. The third-order valence-electron chi connectivity index (χ3n) is 3.66. The lowest BCUT2D eigenvalue weighted by molar-refractivity contribution is 0.161. The van der Waals surface area contributed by atoms with Gasteiger partial charge in [0.1, 0.15) is 11.9 Å². The van der Waals surface area contributed by atoms with Crippen LogP contribution >= 0.6 is 15.9 Å². The van der Waals surface area contributed by atoms with Crippen LogP contribution in [-0.2, 0) is 0 Å². The molecule has 0 radical (unpaired) electrons. The highest BCUT2D eigenvalue weighted by Gasteiger charge is 2.27. The van der Waals surface area contributed by atoms with Gasteiger partial charge in [0.05, 0.1) is 7.11 Å². The zero-order valence-electron chi connectivity index (χ0n) is 11.5. The largest absolute Gasteiger partial charge is 0.494 e. The van der Waals surface area contributed by atoms with Crippen molar-refractivity contribution in [1.82, 2.24) is 0 Å². The Morgan fingerprint density at radius 1 is 1.29 bits per heavy atom. The summed E-state index contributed by atoms with van der Waals surface area (Å²) in [6.45, 7) is 0. The van der Waals surface area contributed by atoms with Crippen molar-refractivity contribution < 1.29 is 13.9 Å². The first-order chi connectivity index (χ1) is 10.1. The van der Waals surface area contributed by atoms with Crippen molar-refractivity contribution in [3.8, 4) is 11.5 Å². The summed E-state index contributed by atoms with van der Waals surface area (Å²) in [5, 5.41) is 0. The van der Waals surface area contributed by atoms with Crippen molar-refractivity contribution in [3.63, 3.8) is 0 Å². The molecule has 5 heteroatoms. The summed E-state index contributed by atoms with van der Waals surface area (Å²) in [6, 6.07) is 10.5. The maximum absolute atomic E-state index is 13.8. The second-order valence-electron chi connectivity index (χ2n) is 5.02. The highest BCUT2D eigenvalue weighted by atomic mass is 79.9. The molecule has 3 rings (SSSR count). The molecule has 2 aromatic carbocycles. The van der Waals surface area contributed by atoms with Gasteiger partial charge in [-0.05, 0) is 29.8 Å². The molecular weight excluding hydrogens is 337 g/mol. The van der Waals surface area contributed by atoms with Gasteiger partial charge >= 0.3 is 0 Å². The molecule has 0 spiro atoms. The molecule has 3 nitrogen and oxygen atoms in total. The van der Waals surface area contributed by atoms with E-state index in [1.165, 1.54) is 13.2 Å². The summed E-state index contributed by atoms with van der Waals surface area (Å²) in [5.41, 5.74) is 7.94. The van der Waals surface area contributed by atoms with Crippen LogP contribution in [0.5, 0.6) is 11.5 Å². The second kappa shape index (κ2) is 5.66. The molecule has 0 bridgehead atoms. The molecule has 0 saturated carbocycles. The topological polar surface area (TPSA) is 44.5 Å². The van der Waals surface area contributed by atoms with Crippen LogP contribution < -0.4 is 15.2 Å². The number of fused-ring (bicyclic) bond motifs is 1. The Morgan fingerprint density at radius 2 is 2.10 bits per heavy atom. The minimum absolute atomic E-state index is 0.128. The third-order valence-corrected chi connectivity index (χ3v) is 4.15. The van der Waals surface area contributed by atoms with Crippen molar-refractivity contribution in [2.45, 2.75) is 18.6 Å². The fraction of sp³-hybridized carbons (Fsp3) is 0.250. The number of halogens is 2. The van der Waals surface area contributed by atoms with Crippen LogP contribution in [0.25, 0.3) is 0 Å². The van der Waals surface area contributed by atoms with Crippen LogP contribution in [0, 0.1) is 5.82 Å². The minimum Gasteiger partial charge on any atom is -0.494 e. The molecule has 0 aliphatic carbocycles. The molecule has 0 aromatic heterocycles. The predicted octanol–water partition coefficient (Wildman–Crippen LogP) is 4.12. The van der Waals surface area contributed by atoms with E-state index in [1.54, 1.807) is 6.07 Å². The van der Waals surface area contributed by atoms with E-state index in [0.717, 1.165) is 21.3 Å². The molecule has 2 N–H and O–H groups in total. The number of nitrogens with two attached hydrogens (primary N) is 1. The van der Waals surface area contributed by atoms with Crippen molar-refractivity contribution >= 4 is 15.9 Å². The number of rotatable bonds is 2. The number of benzene rings is 2. The molecule has 0 saturated heterocycles. The predicted molar refractivity (Wildman–Crippen MR) is 82.0 cm³/mol. The highest BCUT2D eigenvalue weighted by Crippen LogP contribution is 2.41. The Hall–Kier alpha value is -1.59. The number of hydrogen-bond acceptors (Lipinski definition) is 3. The average Bonchev–Trinajstić information content (AvgIpc) is 2.46. The minimum atomic E-state index is -0.396. The van der Waals surface area contributed by atoms with Gasteiger partial charge in [0, 0.05) is 22.5 Å². The van der Waals surface area contributed by atoms with Gasteiger partial charge < -0.3 is 15.2 Å². The molecule has 0 amide bonds. The van der Waals surface area contributed by atoms with Crippen LogP contribution in [0.2, 0.25) is 0 Å². The van der Waals surface area contributed by atoms with Gasteiger partial charge in [-0.15, -0.1) is 0 Å². The van der Waals surface area contributed by atoms with Crippen LogP contribution in [-0.4, -0.2) is 7.11 Å². The summed E-state index contributed by atoms with van der Waals surface area (Å²) < 4.78 is 25.7. The lowest BCUT2D eigenvalue weighted by atomic mass is 9.93. The summed E-state index contributed by atoms with van der Waals surface area (Å²) in [7, 11) is 1.44. The summed E-state index contributed by atoms with van der Waals surface area (Å²) >= 11 is 3.42. The van der Waals surface area contributed by atoms with Crippen LogP contribution in [0.4, 0.5) is 4.39 Å². The molecule has 0 fully saturated rings. The van der Waals surface area contributed by atoms with Gasteiger partial charge in [-0.1, -0.05) is 28.1 Å². The van der Waals surface area contributed by atoms with E-state index >= 15 is 0 Å². The van der Waals surface area contributed by atoms with Gasteiger partial charge in [-0.25, -0.2) is 4.39 Å². The molecule has 110 valence electrons. The van der Waals surface area contributed by atoms with Crippen LogP contribution in [0.3, 0.4) is 0 Å². The zero-order valence-corrected chi connectivity index (χ0v) is 13.1. The zero-order chi connectivity index (χ0) is 15.0. The first-order valence-electron chi connectivity index (χ1n) is 6.63. The fourth-order valence-corrected chi connectivity index (χ4v) is 2.90. The van der Waals surface area contributed by atoms with E-state index in [-0.39, 0.29) is 17.9 Å². The molecule has 1 aliphatic rings. The Labute approximate surface area is 131 Å². The van der Waals surface area contributed by atoms with Gasteiger partial charge in [-0.3, -0.25) is 0 Å². The SMILES string of the molecule is COc1ccc(C2CC(N)c3ccc(Br)cc3O2)cc1F. The lowest BCUT2D eigenvalue weighted by Gasteiger charge is -2.30. The molecule has 2 aromatic rings. The first kappa shape index (κ1) is 14.4. The van der Waals surface area contributed by atoms with Gasteiger partial charge in [0.25, 0.3) is 0 Å². The van der Waals surface area contributed by atoms with Gasteiger partial charge in [0.15, 0.2) is 11.6 Å². The van der Waals surface area contributed by atoms with Crippen molar-refractivity contribution in [2.24, 2.45) is 5.73 Å². The number of methoxy groups -OCH3 is 1. The standard InChI is InChI=1S/C16H15BrFNO2/c1-20-14-5-2-9(6-12(14)18)15-8-13(19)11-4-3-10(17)7-16(11)21-15/h2-7,13,15H,8,19H2,1H3. The van der Waals surface area contributed by atoms with Crippen molar-refractivity contribution in [2.75, 3.05) is 7.11 Å². The first-order valence-corrected chi connectivity index (χ1v) is 7.43. The average molecular weight is 352 g/mol. The Bertz CT molecular complexity index is 677. The fourth-order valence-electron chi connectivity index (χ4n) is 2.56. The molecule has 2 unspecified atom stereocenters. The Kier molecular flexibility index (Phi) is 3.87. The molecule has 21 heavy (non-hydrogen) atoms. The molecular formula is C16H15BrFNO2. The number of hydrogen-bond donors (Lipinski definition) is 1. The van der Waals surface area contributed by atoms with E-state index in [4.69, 9.17) is 15.2 Å². The Morgan fingerprint density at radius 3 is 2.81 bits per heavy atom. The normalized spacial score (nSPS) is 20.6. The molecule has 2 atom stereocenters. The lowest BCUT2D eigenvalue weighted by Crippen LogP contribution is -2.24. The van der Waals surface area contributed by atoms with Gasteiger partial charge in [-0.2, -0.15) is 0 Å². The maximum Gasteiger partial charge on any atom is 0.165 e. The maximum atomic E-state index is 13.8. The van der Waals surface area contributed by atoms with Crippen molar-refractivity contribution in [3.05, 3.63) is 57.8 Å². The second-order valence-corrected chi connectivity index (χ2v) is 5.94. The number of ether oxygens (including phenoxy) is 2. The summed E-state index contributed by atoms with van der Waals surface area (Å²) in [5.74, 6) is 0.568. The van der Waals surface area contributed by atoms with E-state index < -0.39 is 5.82 Å². The van der Waals surface area contributed by atoms with E-state index in [2.05, 4.69) is 15.9 Å². The smallest absolute Gasteiger partial charge is 0.165 e. The highest BCUT2D eigenvalue weighted by molar-refractivity contribution is 9.10. The van der Waals surface area contributed by atoms with Gasteiger partial charge in [0.2, 0.25) is 0 Å².